The maximum absolute atomic E-state index is 12.7. The van der Waals surface area contributed by atoms with Crippen LogP contribution in [0.4, 0.5) is 0 Å². The summed E-state index contributed by atoms with van der Waals surface area (Å²) in [6.07, 6.45) is 0. The van der Waals surface area contributed by atoms with Gasteiger partial charge in [0.05, 0.1) is 5.75 Å². The third-order valence-corrected chi connectivity index (χ3v) is 5.03. The van der Waals surface area contributed by atoms with E-state index in [2.05, 4.69) is 5.32 Å². The Balaban J connectivity index is 2.08. The summed E-state index contributed by atoms with van der Waals surface area (Å²) in [4.78, 5) is 27.4. The lowest BCUT2D eigenvalue weighted by molar-refractivity contribution is -0.138. The predicted molar refractivity (Wildman–Crippen MR) is 103 cm³/mol. The molecular formula is C19H21ClN2O2S. The van der Waals surface area contributed by atoms with Crippen molar-refractivity contribution in [1.29, 1.82) is 0 Å². The molecule has 4 nitrogen and oxygen atoms in total. The van der Waals surface area contributed by atoms with E-state index >= 15 is 0 Å². The van der Waals surface area contributed by atoms with E-state index in [-0.39, 0.29) is 17.6 Å². The summed E-state index contributed by atoms with van der Waals surface area (Å²) in [6.45, 7) is 2.14. The van der Waals surface area contributed by atoms with Gasteiger partial charge in [0.2, 0.25) is 11.8 Å². The van der Waals surface area contributed by atoms with Gasteiger partial charge in [0.1, 0.15) is 6.04 Å². The Kier molecular flexibility index (Phi) is 7.34. The molecule has 0 heterocycles. The summed E-state index contributed by atoms with van der Waals surface area (Å²) in [5.41, 5.74) is 0.989. The molecule has 0 saturated carbocycles. The van der Waals surface area contributed by atoms with Gasteiger partial charge in [-0.1, -0.05) is 41.9 Å². The van der Waals surface area contributed by atoms with Crippen molar-refractivity contribution in [3.63, 3.8) is 0 Å². The van der Waals surface area contributed by atoms with Gasteiger partial charge >= 0.3 is 0 Å². The fraction of sp³-hybridized carbons (Fsp3) is 0.263. The van der Waals surface area contributed by atoms with Crippen LogP contribution in [0.3, 0.4) is 0 Å². The summed E-state index contributed by atoms with van der Waals surface area (Å²) in [7, 11) is 1.58. The van der Waals surface area contributed by atoms with Crippen molar-refractivity contribution in [1.82, 2.24) is 10.2 Å². The van der Waals surface area contributed by atoms with Crippen LogP contribution in [0.2, 0.25) is 5.02 Å². The Bertz CT molecular complexity index is 707. The van der Waals surface area contributed by atoms with E-state index in [1.165, 1.54) is 11.8 Å². The quantitative estimate of drug-likeness (QED) is 0.751. The number of likely N-dealkylation sites (N-methyl/N-ethyl adjacent to an activating group) is 1. The lowest BCUT2D eigenvalue weighted by Gasteiger charge is -2.28. The smallest absolute Gasteiger partial charge is 0.242 e. The largest absolute Gasteiger partial charge is 0.357 e. The fourth-order valence-corrected chi connectivity index (χ4v) is 3.24. The molecule has 0 aromatic heterocycles. The van der Waals surface area contributed by atoms with E-state index in [1.807, 2.05) is 42.5 Å². The molecule has 0 unspecified atom stereocenters. The van der Waals surface area contributed by atoms with E-state index < -0.39 is 6.04 Å². The van der Waals surface area contributed by atoms with Crippen LogP contribution >= 0.6 is 23.4 Å². The molecule has 0 radical (unpaired) electrons. The number of nitrogens with one attached hydrogen (secondary N) is 1. The van der Waals surface area contributed by atoms with Crippen molar-refractivity contribution in [2.75, 3.05) is 12.8 Å². The van der Waals surface area contributed by atoms with Crippen LogP contribution in [0.5, 0.6) is 0 Å². The van der Waals surface area contributed by atoms with Gasteiger partial charge in [-0.05, 0) is 36.8 Å². The maximum atomic E-state index is 12.7. The van der Waals surface area contributed by atoms with Crippen molar-refractivity contribution in [2.24, 2.45) is 0 Å². The number of hydrogen-bond donors (Lipinski definition) is 1. The molecule has 1 atom stereocenters. The number of carbonyl (C=O) groups is 2. The Labute approximate surface area is 157 Å². The second kappa shape index (κ2) is 9.49. The van der Waals surface area contributed by atoms with Gasteiger partial charge in [-0.15, -0.1) is 11.8 Å². The van der Waals surface area contributed by atoms with E-state index in [0.29, 0.717) is 11.6 Å². The molecular weight excluding hydrogens is 356 g/mol. The molecule has 2 rings (SSSR count). The van der Waals surface area contributed by atoms with Crippen LogP contribution in [0.15, 0.2) is 59.5 Å². The molecule has 2 aromatic rings. The summed E-state index contributed by atoms with van der Waals surface area (Å²) in [5.74, 6) is -0.00354. The van der Waals surface area contributed by atoms with Crippen molar-refractivity contribution in [3.05, 3.63) is 65.2 Å². The first-order chi connectivity index (χ1) is 12.0. The molecule has 0 saturated heterocycles. The van der Waals surface area contributed by atoms with Crippen LogP contribution in [-0.4, -0.2) is 35.6 Å². The Morgan fingerprint density at radius 3 is 2.36 bits per heavy atom. The predicted octanol–water partition coefficient (Wildman–Crippen LogP) is 3.60. The summed E-state index contributed by atoms with van der Waals surface area (Å²) < 4.78 is 0. The molecule has 25 heavy (non-hydrogen) atoms. The molecule has 2 amide bonds. The third-order valence-electron chi connectivity index (χ3n) is 3.79. The van der Waals surface area contributed by atoms with Gasteiger partial charge in [-0.2, -0.15) is 0 Å². The van der Waals surface area contributed by atoms with Gasteiger partial charge in [-0.25, -0.2) is 0 Å². The number of carbonyl (C=O) groups excluding carboxylic acids is 2. The highest BCUT2D eigenvalue weighted by Gasteiger charge is 2.25. The Morgan fingerprint density at radius 1 is 1.12 bits per heavy atom. The second-order valence-corrected chi connectivity index (χ2v) is 7.03. The Hall–Kier alpha value is -1.98. The van der Waals surface area contributed by atoms with E-state index in [0.717, 1.165) is 10.5 Å². The van der Waals surface area contributed by atoms with Crippen LogP contribution < -0.4 is 5.32 Å². The molecule has 1 N–H and O–H groups in total. The second-order valence-electron chi connectivity index (χ2n) is 5.54. The summed E-state index contributed by atoms with van der Waals surface area (Å²) in [5, 5.41) is 3.27. The van der Waals surface area contributed by atoms with Gasteiger partial charge in [0.15, 0.2) is 0 Å². The molecule has 0 aliphatic rings. The van der Waals surface area contributed by atoms with Crippen molar-refractivity contribution < 1.29 is 9.59 Å². The molecule has 0 aliphatic heterocycles. The molecule has 132 valence electrons. The lowest BCUT2D eigenvalue weighted by Crippen LogP contribution is -2.47. The van der Waals surface area contributed by atoms with Crippen molar-refractivity contribution in [2.45, 2.75) is 24.4 Å². The monoisotopic (exact) mass is 376 g/mol. The number of amides is 2. The molecule has 0 spiro atoms. The van der Waals surface area contributed by atoms with Crippen LogP contribution in [-0.2, 0) is 16.1 Å². The number of rotatable bonds is 7. The minimum Gasteiger partial charge on any atom is -0.357 e. The molecule has 0 fully saturated rings. The standard InChI is InChI=1S/C19H21ClN2O2S/c1-14(19(24)21-2)22(12-15-6-4-3-5-7-15)18(23)13-25-17-10-8-16(20)9-11-17/h3-11,14H,12-13H2,1-2H3,(H,21,24)/t14-/m0/s1. The first kappa shape index (κ1) is 19.3. The number of benzene rings is 2. The zero-order valence-corrected chi connectivity index (χ0v) is 15.8. The summed E-state index contributed by atoms with van der Waals surface area (Å²) in [6, 6.07) is 16.5. The fourth-order valence-electron chi connectivity index (χ4n) is 2.33. The van der Waals surface area contributed by atoms with E-state index in [4.69, 9.17) is 11.6 Å². The lowest BCUT2D eigenvalue weighted by atomic mass is 10.1. The van der Waals surface area contributed by atoms with Gasteiger partial charge in [-0.3, -0.25) is 9.59 Å². The topological polar surface area (TPSA) is 49.4 Å². The number of halogens is 1. The Morgan fingerprint density at radius 2 is 1.76 bits per heavy atom. The molecule has 2 aromatic carbocycles. The number of thioether (sulfide) groups is 1. The average molecular weight is 377 g/mol. The highest BCUT2D eigenvalue weighted by Crippen LogP contribution is 2.21. The molecule has 0 aliphatic carbocycles. The first-order valence-electron chi connectivity index (χ1n) is 7.94. The minimum atomic E-state index is -0.538. The van der Waals surface area contributed by atoms with Crippen LogP contribution in [0.25, 0.3) is 0 Å². The van der Waals surface area contributed by atoms with Crippen LogP contribution in [0, 0.1) is 0 Å². The van der Waals surface area contributed by atoms with Gasteiger partial charge < -0.3 is 10.2 Å². The average Bonchev–Trinajstić information content (AvgIpc) is 2.65. The zero-order chi connectivity index (χ0) is 18.2. The highest BCUT2D eigenvalue weighted by atomic mass is 35.5. The van der Waals surface area contributed by atoms with Crippen molar-refractivity contribution >= 4 is 35.2 Å². The SMILES string of the molecule is CNC(=O)[C@H](C)N(Cc1ccccc1)C(=O)CSc1ccc(Cl)cc1. The van der Waals surface area contributed by atoms with E-state index in [1.54, 1.807) is 31.0 Å². The zero-order valence-electron chi connectivity index (χ0n) is 14.2. The molecule has 0 bridgehead atoms. The van der Waals surface area contributed by atoms with Gasteiger partial charge in [0.25, 0.3) is 0 Å². The van der Waals surface area contributed by atoms with Crippen molar-refractivity contribution in [3.8, 4) is 0 Å². The summed E-state index contributed by atoms with van der Waals surface area (Å²) >= 11 is 7.31. The third kappa shape index (κ3) is 5.80. The van der Waals surface area contributed by atoms with Crippen LogP contribution in [0.1, 0.15) is 12.5 Å². The van der Waals surface area contributed by atoms with E-state index in [9.17, 15) is 9.59 Å². The minimum absolute atomic E-state index is 0.0834. The molecule has 6 heteroatoms. The normalized spacial score (nSPS) is 11.6. The number of nitrogens with zero attached hydrogens (tertiary/aromatic N) is 1. The maximum Gasteiger partial charge on any atom is 0.242 e. The first-order valence-corrected chi connectivity index (χ1v) is 9.31. The highest BCUT2D eigenvalue weighted by molar-refractivity contribution is 8.00. The van der Waals surface area contributed by atoms with Gasteiger partial charge in [0, 0.05) is 23.5 Å². The number of hydrogen-bond acceptors (Lipinski definition) is 3.